The summed E-state index contributed by atoms with van der Waals surface area (Å²) in [6, 6.07) is 15.8. The molecule has 0 spiro atoms. The Kier molecular flexibility index (Phi) is 8.79. The number of benzene rings is 2. The summed E-state index contributed by atoms with van der Waals surface area (Å²) in [5.74, 6) is -0.751. The Bertz CT molecular complexity index is 977. The first kappa shape index (κ1) is 24.8. The summed E-state index contributed by atoms with van der Waals surface area (Å²) in [6.45, 7) is 4.15. The molecule has 0 bridgehead atoms. The third-order valence-electron chi connectivity index (χ3n) is 6.09. The first-order chi connectivity index (χ1) is 15.3. The molecule has 0 radical (unpaired) electrons. The maximum absolute atomic E-state index is 13.6. The summed E-state index contributed by atoms with van der Waals surface area (Å²) in [5.41, 5.74) is 2.02. The average molecular weight is 476 g/mol. The lowest BCUT2D eigenvalue weighted by atomic mass is 9.90. The van der Waals surface area contributed by atoms with Crippen molar-refractivity contribution in [3.05, 3.63) is 65.7 Å². The first-order valence-electron chi connectivity index (χ1n) is 11.3. The second kappa shape index (κ2) is 11.3. The van der Waals surface area contributed by atoms with E-state index in [1.54, 1.807) is 42.1 Å². The van der Waals surface area contributed by atoms with Gasteiger partial charge in [0.2, 0.25) is 10.0 Å². The molecule has 1 fully saturated rings. The molecule has 3 rings (SSSR count). The van der Waals surface area contributed by atoms with Gasteiger partial charge in [0.1, 0.15) is 0 Å². The van der Waals surface area contributed by atoms with Crippen molar-refractivity contribution in [2.24, 2.45) is 5.92 Å². The van der Waals surface area contributed by atoms with Crippen molar-refractivity contribution in [3.63, 3.8) is 0 Å². The molecule has 1 aliphatic heterocycles. The molecule has 0 aromatic heterocycles. The van der Waals surface area contributed by atoms with Crippen LogP contribution in [0.2, 0.25) is 0 Å². The third kappa shape index (κ3) is 5.94. The standard InChI is InChI=1S/C25H33NO4S2/c1-3-4-5-9-16-31-24-17-23(20-14-12-19(2)13-15-20)26(18-22(24)25(27)28)32(29,30)21-10-7-6-8-11-21/h6-8,10-15,22-24H,3-5,9,16-18H2,1-2H3,(H,27,28)/t22-,23+,24-/m1/s1. The molecule has 0 unspecified atom stereocenters. The van der Waals surface area contributed by atoms with E-state index in [1.807, 2.05) is 31.2 Å². The number of carboxylic acids is 1. The van der Waals surface area contributed by atoms with Crippen molar-refractivity contribution >= 4 is 27.8 Å². The van der Waals surface area contributed by atoms with E-state index in [0.717, 1.165) is 36.1 Å². The normalized spacial score (nSPS) is 22.0. The lowest BCUT2D eigenvalue weighted by Gasteiger charge is -2.41. The Hall–Kier alpha value is -1.83. The summed E-state index contributed by atoms with van der Waals surface area (Å²) in [4.78, 5) is 12.4. The van der Waals surface area contributed by atoms with Crippen molar-refractivity contribution in [2.45, 2.75) is 62.1 Å². The summed E-state index contributed by atoms with van der Waals surface area (Å²) < 4.78 is 28.6. The van der Waals surface area contributed by atoms with Crippen LogP contribution in [0.15, 0.2) is 59.5 Å². The Morgan fingerprint density at radius 1 is 1.06 bits per heavy atom. The number of sulfonamides is 1. The van der Waals surface area contributed by atoms with Gasteiger partial charge >= 0.3 is 5.97 Å². The second-order valence-electron chi connectivity index (χ2n) is 8.46. The fourth-order valence-corrected chi connectivity index (χ4v) is 7.31. The van der Waals surface area contributed by atoms with Crippen LogP contribution < -0.4 is 0 Å². The summed E-state index contributed by atoms with van der Waals surface area (Å²) in [5, 5.41) is 9.84. The fourth-order valence-electron chi connectivity index (χ4n) is 4.21. The first-order valence-corrected chi connectivity index (χ1v) is 13.8. The third-order valence-corrected chi connectivity index (χ3v) is 9.45. The lowest BCUT2D eigenvalue weighted by molar-refractivity contribution is -0.143. The van der Waals surface area contributed by atoms with Crippen LogP contribution in [0.25, 0.3) is 0 Å². The largest absolute Gasteiger partial charge is 0.481 e. The van der Waals surface area contributed by atoms with Crippen LogP contribution >= 0.6 is 11.8 Å². The Morgan fingerprint density at radius 2 is 1.75 bits per heavy atom. The lowest BCUT2D eigenvalue weighted by Crippen LogP contribution is -2.49. The van der Waals surface area contributed by atoms with Gasteiger partial charge < -0.3 is 5.11 Å². The number of carboxylic acid groups (broad SMARTS) is 1. The molecular weight excluding hydrogens is 442 g/mol. The van der Waals surface area contributed by atoms with E-state index >= 15 is 0 Å². The smallest absolute Gasteiger partial charge is 0.308 e. The number of aliphatic carboxylic acids is 1. The van der Waals surface area contributed by atoms with Crippen LogP contribution in [0.5, 0.6) is 0 Å². The maximum Gasteiger partial charge on any atom is 0.308 e. The molecule has 0 aliphatic carbocycles. The Labute approximate surface area is 196 Å². The topological polar surface area (TPSA) is 74.7 Å². The molecule has 7 heteroatoms. The number of thioether (sulfide) groups is 1. The zero-order valence-electron chi connectivity index (χ0n) is 18.8. The van der Waals surface area contributed by atoms with Crippen LogP contribution in [0, 0.1) is 12.8 Å². The molecule has 2 aromatic rings. The van der Waals surface area contributed by atoms with Gasteiger partial charge in [-0.15, -0.1) is 0 Å². The number of unbranched alkanes of at least 4 members (excludes halogenated alkanes) is 3. The number of hydrogen-bond donors (Lipinski definition) is 1. The SMILES string of the molecule is CCCCCCS[C@@H]1C[C@@H](c2ccc(C)cc2)N(S(=O)(=O)c2ccccc2)C[C@H]1C(=O)O. The average Bonchev–Trinajstić information content (AvgIpc) is 2.79. The van der Waals surface area contributed by atoms with Crippen LogP contribution in [-0.2, 0) is 14.8 Å². The minimum atomic E-state index is -3.83. The molecular formula is C25H33NO4S2. The molecule has 1 heterocycles. The van der Waals surface area contributed by atoms with Crippen LogP contribution in [-0.4, -0.2) is 41.3 Å². The molecule has 1 N–H and O–H groups in total. The minimum absolute atomic E-state index is 0.0161. The molecule has 0 amide bonds. The van der Waals surface area contributed by atoms with E-state index in [4.69, 9.17) is 0 Å². The van der Waals surface area contributed by atoms with E-state index in [-0.39, 0.29) is 22.7 Å². The van der Waals surface area contributed by atoms with Gasteiger partial charge in [0.15, 0.2) is 0 Å². The van der Waals surface area contributed by atoms with Gasteiger partial charge in [0.25, 0.3) is 0 Å². The Morgan fingerprint density at radius 3 is 2.38 bits per heavy atom. The van der Waals surface area contributed by atoms with Gasteiger partial charge in [0, 0.05) is 11.8 Å². The number of rotatable bonds is 10. The summed E-state index contributed by atoms with van der Waals surface area (Å²) in [6.07, 6.45) is 5.04. The van der Waals surface area contributed by atoms with E-state index in [9.17, 15) is 18.3 Å². The molecule has 1 aliphatic rings. The molecule has 0 saturated carbocycles. The highest BCUT2D eigenvalue weighted by atomic mass is 32.2. The van der Waals surface area contributed by atoms with Crippen molar-refractivity contribution in [1.82, 2.24) is 4.31 Å². The highest BCUT2D eigenvalue weighted by molar-refractivity contribution is 7.99. The number of carbonyl (C=O) groups is 1. The van der Waals surface area contributed by atoms with Gasteiger partial charge in [-0.1, -0.05) is 74.2 Å². The van der Waals surface area contributed by atoms with Crippen molar-refractivity contribution < 1.29 is 18.3 Å². The molecule has 32 heavy (non-hydrogen) atoms. The van der Waals surface area contributed by atoms with Crippen molar-refractivity contribution in [2.75, 3.05) is 12.3 Å². The molecule has 5 nitrogen and oxygen atoms in total. The Balaban J connectivity index is 1.92. The predicted octanol–water partition coefficient (Wildman–Crippen LogP) is 5.51. The minimum Gasteiger partial charge on any atom is -0.481 e. The molecule has 2 aromatic carbocycles. The van der Waals surface area contributed by atoms with Gasteiger partial charge in [-0.05, 0) is 43.2 Å². The summed E-state index contributed by atoms with van der Waals surface area (Å²) >= 11 is 1.69. The van der Waals surface area contributed by atoms with Crippen molar-refractivity contribution in [3.8, 4) is 0 Å². The highest BCUT2D eigenvalue weighted by Crippen LogP contribution is 2.42. The molecule has 3 atom stereocenters. The second-order valence-corrected chi connectivity index (χ2v) is 11.7. The zero-order chi connectivity index (χ0) is 23.1. The van der Waals surface area contributed by atoms with E-state index in [0.29, 0.717) is 6.42 Å². The van der Waals surface area contributed by atoms with E-state index < -0.39 is 21.9 Å². The number of hydrogen-bond acceptors (Lipinski definition) is 4. The van der Waals surface area contributed by atoms with Gasteiger partial charge in [0.05, 0.1) is 16.9 Å². The maximum atomic E-state index is 13.6. The molecule has 1 saturated heterocycles. The van der Waals surface area contributed by atoms with Gasteiger partial charge in [-0.25, -0.2) is 8.42 Å². The summed E-state index contributed by atoms with van der Waals surface area (Å²) in [7, 11) is -3.83. The monoisotopic (exact) mass is 475 g/mol. The van der Waals surface area contributed by atoms with Gasteiger partial charge in [-0.2, -0.15) is 16.1 Å². The fraction of sp³-hybridized carbons (Fsp3) is 0.480. The zero-order valence-corrected chi connectivity index (χ0v) is 20.4. The van der Waals surface area contributed by atoms with Crippen LogP contribution in [0.3, 0.4) is 0 Å². The van der Waals surface area contributed by atoms with Gasteiger partial charge in [-0.3, -0.25) is 4.79 Å². The van der Waals surface area contributed by atoms with E-state index in [1.165, 1.54) is 10.7 Å². The number of nitrogens with zero attached hydrogens (tertiary/aromatic N) is 1. The number of piperidine rings is 1. The van der Waals surface area contributed by atoms with Crippen molar-refractivity contribution in [1.29, 1.82) is 0 Å². The van der Waals surface area contributed by atoms with E-state index in [2.05, 4.69) is 6.92 Å². The number of aryl methyl sites for hydroxylation is 1. The quantitative estimate of drug-likeness (QED) is 0.458. The molecule has 174 valence electrons. The highest BCUT2D eigenvalue weighted by Gasteiger charge is 2.45. The van der Waals surface area contributed by atoms with Crippen LogP contribution in [0.4, 0.5) is 0 Å². The van der Waals surface area contributed by atoms with Crippen LogP contribution in [0.1, 0.15) is 56.2 Å². The predicted molar refractivity (Wildman–Crippen MR) is 130 cm³/mol.